The monoisotopic (exact) mass is 292 g/mol. The minimum atomic E-state index is -4.96. The van der Waals surface area contributed by atoms with Crippen LogP contribution in [0.15, 0.2) is 23.1 Å². The predicted octanol–water partition coefficient (Wildman–Crippen LogP) is 3.39. The smallest absolute Gasteiger partial charge is 0.290 e. The Morgan fingerprint density at radius 3 is 1.61 bits per heavy atom. The van der Waals surface area contributed by atoms with Crippen LogP contribution in [0.5, 0.6) is 0 Å². The van der Waals surface area contributed by atoms with E-state index in [1.165, 1.54) is 0 Å². The fourth-order valence-electron chi connectivity index (χ4n) is 1.12. The van der Waals surface area contributed by atoms with Crippen molar-refractivity contribution in [3.63, 3.8) is 0 Å². The Morgan fingerprint density at radius 2 is 1.33 bits per heavy atom. The van der Waals surface area contributed by atoms with Crippen LogP contribution in [-0.2, 0) is 27.6 Å². The average Bonchev–Trinajstić information content (AvgIpc) is 2.25. The molecular weight excluding hydrogens is 286 g/mol. The van der Waals surface area contributed by atoms with Gasteiger partial charge in [0.05, 0.1) is 23.1 Å². The standard InChI is InChI=1S/C9H6F6O2S/c1-17-18(16)7-3-5(8(10,11)12)2-6(4-7)9(13,14)15/h2-4H,1H3. The van der Waals surface area contributed by atoms with Crippen molar-refractivity contribution >= 4 is 11.1 Å². The van der Waals surface area contributed by atoms with Crippen molar-refractivity contribution in [2.24, 2.45) is 0 Å². The quantitative estimate of drug-likeness (QED) is 0.781. The molecule has 0 fully saturated rings. The lowest BCUT2D eigenvalue weighted by atomic mass is 10.1. The van der Waals surface area contributed by atoms with Crippen molar-refractivity contribution in [2.75, 3.05) is 7.11 Å². The Balaban J connectivity index is 3.44. The van der Waals surface area contributed by atoms with Gasteiger partial charge < -0.3 is 0 Å². The highest BCUT2D eigenvalue weighted by Gasteiger charge is 2.37. The number of alkyl halides is 6. The third kappa shape index (κ3) is 3.45. The Kier molecular flexibility index (Phi) is 4.06. The molecule has 0 saturated carbocycles. The van der Waals surface area contributed by atoms with Crippen LogP contribution in [0.2, 0.25) is 0 Å². The van der Waals surface area contributed by atoms with Gasteiger partial charge in [0, 0.05) is 0 Å². The Labute approximate surface area is 100 Å². The first-order chi connectivity index (χ1) is 8.05. The summed E-state index contributed by atoms with van der Waals surface area (Å²) in [6.45, 7) is 0. The second kappa shape index (κ2) is 4.88. The van der Waals surface area contributed by atoms with Crippen molar-refractivity contribution in [1.29, 1.82) is 0 Å². The molecule has 0 heterocycles. The first-order valence-corrected chi connectivity index (χ1v) is 5.39. The van der Waals surface area contributed by atoms with Gasteiger partial charge in [-0.05, 0) is 18.2 Å². The van der Waals surface area contributed by atoms with Gasteiger partial charge in [-0.3, -0.25) is 4.18 Å². The molecule has 0 saturated heterocycles. The second-order valence-electron chi connectivity index (χ2n) is 3.14. The fraction of sp³-hybridized carbons (Fsp3) is 0.333. The fourth-order valence-corrected chi connectivity index (χ4v) is 1.76. The molecule has 102 valence electrons. The minimum Gasteiger partial charge on any atom is -0.290 e. The molecule has 1 rings (SSSR count). The van der Waals surface area contributed by atoms with Gasteiger partial charge in [0.1, 0.15) is 0 Å². The van der Waals surface area contributed by atoms with Crippen molar-refractivity contribution < 1.29 is 34.7 Å². The van der Waals surface area contributed by atoms with Crippen LogP contribution in [0.3, 0.4) is 0 Å². The van der Waals surface area contributed by atoms with E-state index < -0.39 is 39.5 Å². The Morgan fingerprint density at radius 1 is 0.944 bits per heavy atom. The maximum absolute atomic E-state index is 12.4. The van der Waals surface area contributed by atoms with E-state index in [1.54, 1.807) is 0 Å². The van der Waals surface area contributed by atoms with Gasteiger partial charge >= 0.3 is 12.4 Å². The maximum atomic E-state index is 12.4. The normalized spacial score (nSPS) is 14.6. The highest BCUT2D eigenvalue weighted by atomic mass is 32.2. The molecule has 0 spiro atoms. The summed E-state index contributed by atoms with van der Waals surface area (Å²) in [5, 5.41) is 0. The largest absolute Gasteiger partial charge is 0.416 e. The van der Waals surface area contributed by atoms with E-state index in [1.807, 2.05) is 0 Å². The number of halogens is 6. The van der Waals surface area contributed by atoms with E-state index in [9.17, 15) is 30.6 Å². The molecule has 1 unspecified atom stereocenters. The zero-order chi connectivity index (χ0) is 14.1. The molecule has 9 heteroatoms. The zero-order valence-electron chi connectivity index (χ0n) is 8.72. The number of hydrogen-bond donors (Lipinski definition) is 0. The summed E-state index contributed by atoms with van der Waals surface area (Å²) in [7, 11) is 0.906. The van der Waals surface area contributed by atoms with Crippen molar-refractivity contribution in [3.8, 4) is 0 Å². The Hall–Kier alpha value is -1.09. The molecule has 0 aliphatic carbocycles. The van der Waals surface area contributed by atoms with Gasteiger partial charge in [-0.2, -0.15) is 26.3 Å². The van der Waals surface area contributed by atoms with E-state index in [4.69, 9.17) is 0 Å². The van der Waals surface area contributed by atoms with Gasteiger partial charge in [-0.25, -0.2) is 4.21 Å². The van der Waals surface area contributed by atoms with E-state index in [2.05, 4.69) is 4.18 Å². The van der Waals surface area contributed by atoms with Gasteiger partial charge in [-0.1, -0.05) is 0 Å². The highest BCUT2D eigenvalue weighted by Crippen LogP contribution is 2.36. The topological polar surface area (TPSA) is 26.3 Å². The van der Waals surface area contributed by atoms with Crippen LogP contribution in [0, 0.1) is 0 Å². The van der Waals surface area contributed by atoms with Crippen LogP contribution in [0.1, 0.15) is 11.1 Å². The first kappa shape index (κ1) is 15.0. The summed E-state index contributed by atoms with van der Waals surface area (Å²) in [5.41, 5.74) is -3.06. The SMILES string of the molecule is COS(=O)c1cc(C(F)(F)F)cc(C(F)(F)F)c1. The molecule has 0 aliphatic rings. The lowest BCUT2D eigenvalue weighted by Crippen LogP contribution is -2.12. The van der Waals surface area contributed by atoms with E-state index in [0.717, 1.165) is 7.11 Å². The number of benzene rings is 1. The van der Waals surface area contributed by atoms with E-state index >= 15 is 0 Å². The van der Waals surface area contributed by atoms with Crippen molar-refractivity contribution in [2.45, 2.75) is 17.2 Å². The summed E-state index contributed by atoms with van der Waals surface area (Å²) < 4.78 is 89.7. The van der Waals surface area contributed by atoms with Crippen LogP contribution in [-0.4, -0.2) is 11.3 Å². The average molecular weight is 292 g/mol. The van der Waals surface area contributed by atoms with Crippen molar-refractivity contribution in [3.05, 3.63) is 29.3 Å². The molecule has 2 nitrogen and oxygen atoms in total. The third-order valence-corrected chi connectivity index (χ3v) is 2.83. The summed E-state index contributed by atoms with van der Waals surface area (Å²) >= 11 is -2.38. The first-order valence-electron chi connectivity index (χ1n) is 4.31. The van der Waals surface area contributed by atoms with Crippen LogP contribution in [0.25, 0.3) is 0 Å². The second-order valence-corrected chi connectivity index (χ2v) is 4.42. The molecule has 0 aromatic heterocycles. The number of rotatable bonds is 2. The lowest BCUT2D eigenvalue weighted by Gasteiger charge is -2.13. The molecule has 1 atom stereocenters. The molecule has 0 bridgehead atoms. The minimum absolute atomic E-state index is 0.0453. The maximum Gasteiger partial charge on any atom is 0.416 e. The molecule has 1 aromatic carbocycles. The lowest BCUT2D eigenvalue weighted by molar-refractivity contribution is -0.143. The molecule has 0 aliphatic heterocycles. The highest BCUT2D eigenvalue weighted by molar-refractivity contribution is 7.80. The summed E-state index contributed by atoms with van der Waals surface area (Å²) in [5.74, 6) is 0. The zero-order valence-corrected chi connectivity index (χ0v) is 9.54. The van der Waals surface area contributed by atoms with E-state index in [-0.39, 0.29) is 6.07 Å². The summed E-state index contributed by atoms with van der Waals surface area (Å²) in [6, 6.07) is 0.667. The molecule has 0 N–H and O–H groups in total. The van der Waals surface area contributed by atoms with E-state index in [0.29, 0.717) is 12.1 Å². The summed E-state index contributed by atoms with van der Waals surface area (Å²) in [4.78, 5) is -0.695. The molecule has 18 heavy (non-hydrogen) atoms. The molecule has 1 aromatic rings. The van der Waals surface area contributed by atoms with Crippen molar-refractivity contribution in [1.82, 2.24) is 0 Å². The molecular formula is C9H6F6O2S. The Bertz CT molecular complexity index is 433. The molecule has 0 radical (unpaired) electrons. The third-order valence-electron chi connectivity index (χ3n) is 1.91. The van der Waals surface area contributed by atoms with Crippen LogP contribution < -0.4 is 0 Å². The summed E-state index contributed by atoms with van der Waals surface area (Å²) in [6.07, 6.45) is -9.93. The van der Waals surface area contributed by atoms with Gasteiger partial charge in [-0.15, -0.1) is 0 Å². The van der Waals surface area contributed by atoms with Crippen LogP contribution in [0.4, 0.5) is 26.3 Å². The van der Waals surface area contributed by atoms with Gasteiger partial charge in [0.15, 0.2) is 11.1 Å². The van der Waals surface area contributed by atoms with Gasteiger partial charge in [0.25, 0.3) is 0 Å². The van der Waals surface area contributed by atoms with Crippen LogP contribution >= 0.6 is 0 Å². The predicted molar refractivity (Wildman–Crippen MR) is 49.9 cm³/mol. The number of hydrogen-bond acceptors (Lipinski definition) is 2. The molecule has 0 amide bonds. The van der Waals surface area contributed by atoms with Gasteiger partial charge in [0.2, 0.25) is 0 Å².